The number of amides is 1. The van der Waals surface area contributed by atoms with Crippen molar-refractivity contribution in [2.75, 3.05) is 4.90 Å². The molecule has 2 aromatic carbocycles. The zero-order chi connectivity index (χ0) is 23.1. The van der Waals surface area contributed by atoms with Gasteiger partial charge in [0.05, 0.1) is 11.3 Å². The highest BCUT2D eigenvalue weighted by Gasteiger charge is 2.46. The van der Waals surface area contributed by atoms with Crippen LogP contribution in [0.5, 0.6) is 0 Å². The normalized spacial score (nSPS) is 14.6. The van der Waals surface area contributed by atoms with Gasteiger partial charge >= 0.3 is 17.4 Å². The Labute approximate surface area is 199 Å². The predicted octanol–water partition coefficient (Wildman–Crippen LogP) is 4.48. The van der Waals surface area contributed by atoms with Gasteiger partial charge in [0, 0.05) is 22.8 Å². The first kappa shape index (κ1) is 21.5. The third-order valence-corrected chi connectivity index (χ3v) is 6.72. The Morgan fingerprint density at radius 3 is 2.67 bits per heavy atom. The minimum Gasteiger partial charge on any atom is -0.457 e. The molecule has 1 atom stereocenters. The minimum absolute atomic E-state index is 0.188. The first-order valence-corrected chi connectivity index (χ1v) is 11.7. The molecule has 2 aromatic heterocycles. The van der Waals surface area contributed by atoms with Crippen LogP contribution in [0.3, 0.4) is 0 Å². The molecule has 0 spiro atoms. The van der Waals surface area contributed by atoms with Gasteiger partial charge in [0.2, 0.25) is 11.1 Å². The lowest BCUT2D eigenvalue weighted by molar-refractivity contribution is -0.764. The summed E-state index contributed by atoms with van der Waals surface area (Å²) >= 11 is 7.65. The molecule has 166 valence electrons. The third kappa shape index (κ3) is 3.85. The molecule has 0 fully saturated rings. The number of hydrogen-bond acceptors (Lipinski definition) is 5. The van der Waals surface area contributed by atoms with Crippen molar-refractivity contribution in [1.29, 1.82) is 0 Å². The fourth-order valence-corrected chi connectivity index (χ4v) is 5.13. The molecule has 5 rings (SSSR count). The Kier molecular flexibility index (Phi) is 5.55. The number of aromatic amines is 1. The second kappa shape index (κ2) is 8.53. The monoisotopic (exact) mass is 479 g/mol. The van der Waals surface area contributed by atoms with E-state index < -0.39 is 6.17 Å². The maximum Gasteiger partial charge on any atom is 0.325 e. The van der Waals surface area contributed by atoms with E-state index in [4.69, 9.17) is 21.1 Å². The van der Waals surface area contributed by atoms with Crippen molar-refractivity contribution in [2.45, 2.75) is 30.9 Å². The molecule has 1 unspecified atom stereocenters. The summed E-state index contributed by atoms with van der Waals surface area (Å²) in [5.41, 5.74) is 2.26. The smallest absolute Gasteiger partial charge is 0.325 e. The molecule has 1 aliphatic rings. The lowest BCUT2D eigenvalue weighted by Crippen LogP contribution is -2.60. The largest absolute Gasteiger partial charge is 0.457 e. The van der Waals surface area contributed by atoms with Crippen LogP contribution in [0.2, 0.25) is 5.02 Å². The number of benzene rings is 2. The molecule has 1 aliphatic heterocycles. The van der Waals surface area contributed by atoms with Crippen LogP contribution in [-0.2, 0) is 10.5 Å². The molecule has 1 amide bonds. The molecule has 0 saturated carbocycles. The number of carbonyl (C=O) groups is 1. The van der Waals surface area contributed by atoms with E-state index in [1.165, 1.54) is 18.7 Å². The van der Waals surface area contributed by atoms with Crippen molar-refractivity contribution >= 4 is 35.0 Å². The topological polar surface area (TPSA) is 83.1 Å². The van der Waals surface area contributed by atoms with Gasteiger partial charge in [-0.1, -0.05) is 53.7 Å². The standard InChI is InChI=1S/C24H19ClN4O3S/c1-14-11-12-20(32-14)23-28(15(2)30)19-10-6-4-8-17(19)21-22(31)26-24(27-29(21)23)33-13-16-7-3-5-9-18(16)25/h3-12,23H,13H2,1-2H3/p+1. The summed E-state index contributed by atoms with van der Waals surface area (Å²) in [6.07, 6.45) is -0.733. The zero-order valence-corrected chi connectivity index (χ0v) is 19.5. The number of H-pyrrole nitrogens is 1. The molecule has 7 nitrogen and oxygen atoms in total. The third-order valence-electron chi connectivity index (χ3n) is 5.44. The van der Waals surface area contributed by atoms with E-state index in [1.807, 2.05) is 61.5 Å². The molecular weight excluding hydrogens is 460 g/mol. The molecule has 0 bridgehead atoms. The number of rotatable bonds is 4. The van der Waals surface area contributed by atoms with Gasteiger partial charge in [0.15, 0.2) is 5.76 Å². The number of furan rings is 1. The van der Waals surface area contributed by atoms with Gasteiger partial charge < -0.3 is 4.42 Å². The number of halogens is 1. The number of nitrogens with zero attached hydrogens (tertiary/aromatic N) is 3. The summed E-state index contributed by atoms with van der Waals surface area (Å²) in [4.78, 5) is 30.6. The zero-order valence-electron chi connectivity index (χ0n) is 17.9. The van der Waals surface area contributed by atoms with Gasteiger partial charge in [-0.15, -0.1) is 0 Å². The lowest BCUT2D eigenvalue weighted by Gasteiger charge is -2.30. The fourth-order valence-electron chi connectivity index (χ4n) is 3.99. The fraction of sp³-hybridized carbons (Fsp3) is 0.167. The maximum atomic E-state index is 13.3. The van der Waals surface area contributed by atoms with Gasteiger partial charge in [-0.2, -0.15) is 0 Å². The van der Waals surface area contributed by atoms with Crippen molar-refractivity contribution in [3.8, 4) is 11.3 Å². The highest BCUT2D eigenvalue weighted by atomic mass is 35.5. The summed E-state index contributed by atoms with van der Waals surface area (Å²) in [6.45, 7) is 3.32. The average Bonchev–Trinajstić information content (AvgIpc) is 3.23. The summed E-state index contributed by atoms with van der Waals surface area (Å²) in [5, 5.41) is 5.81. The van der Waals surface area contributed by atoms with Crippen LogP contribution < -0.4 is 15.1 Å². The summed E-state index contributed by atoms with van der Waals surface area (Å²) in [6, 6.07) is 18.5. The Hall–Kier alpha value is -3.36. The quantitative estimate of drug-likeness (QED) is 0.344. The van der Waals surface area contributed by atoms with E-state index in [2.05, 4.69) is 4.98 Å². The van der Waals surface area contributed by atoms with Crippen LogP contribution >= 0.6 is 23.4 Å². The van der Waals surface area contributed by atoms with E-state index in [0.717, 1.165) is 5.56 Å². The SMILES string of the molecule is CC(=O)N1c2ccccc2-c2c(=O)[nH]c(SCc3ccccc3Cl)n[n+]2C1c1ccc(C)o1. The highest BCUT2D eigenvalue weighted by Crippen LogP contribution is 2.37. The number of aryl methyl sites for hydroxylation is 1. The first-order valence-electron chi connectivity index (χ1n) is 10.3. The number of carbonyl (C=O) groups excluding carboxylic acids is 1. The molecule has 0 aliphatic carbocycles. The number of para-hydroxylation sites is 1. The molecule has 0 radical (unpaired) electrons. The van der Waals surface area contributed by atoms with Crippen LogP contribution in [-0.4, -0.2) is 16.0 Å². The number of fused-ring (bicyclic) bond motifs is 3. The highest BCUT2D eigenvalue weighted by molar-refractivity contribution is 7.98. The summed E-state index contributed by atoms with van der Waals surface area (Å²) < 4.78 is 7.49. The van der Waals surface area contributed by atoms with Crippen LogP contribution in [0.4, 0.5) is 5.69 Å². The van der Waals surface area contributed by atoms with Crippen LogP contribution in [0, 0.1) is 6.92 Å². The van der Waals surface area contributed by atoms with E-state index in [-0.39, 0.29) is 11.5 Å². The molecule has 3 heterocycles. The number of thioether (sulfide) groups is 1. The number of aromatic nitrogens is 3. The van der Waals surface area contributed by atoms with E-state index >= 15 is 0 Å². The van der Waals surface area contributed by atoms with E-state index in [1.54, 1.807) is 15.6 Å². The van der Waals surface area contributed by atoms with Crippen molar-refractivity contribution in [1.82, 2.24) is 10.1 Å². The van der Waals surface area contributed by atoms with Gasteiger partial charge in [-0.3, -0.25) is 14.6 Å². The molecule has 4 aromatic rings. The molecule has 0 saturated heterocycles. The summed E-state index contributed by atoms with van der Waals surface area (Å²) in [7, 11) is 0. The second-order valence-corrected chi connectivity index (χ2v) is 9.03. The molecule has 9 heteroatoms. The molecule has 1 N–H and O–H groups in total. The Morgan fingerprint density at radius 1 is 1.18 bits per heavy atom. The van der Waals surface area contributed by atoms with Crippen molar-refractivity contribution in [3.05, 3.63) is 93.1 Å². The van der Waals surface area contributed by atoms with Gasteiger partial charge in [0.25, 0.3) is 0 Å². The number of nitrogens with one attached hydrogen (secondary N) is 1. The maximum absolute atomic E-state index is 13.3. The van der Waals surface area contributed by atoms with Gasteiger partial charge in [-0.25, -0.2) is 4.90 Å². The number of hydrogen-bond donors (Lipinski definition) is 1. The minimum atomic E-state index is -0.733. The Morgan fingerprint density at radius 2 is 1.94 bits per heavy atom. The molecule has 33 heavy (non-hydrogen) atoms. The van der Waals surface area contributed by atoms with Crippen LogP contribution in [0.15, 0.2) is 75.0 Å². The second-order valence-electron chi connectivity index (χ2n) is 7.66. The van der Waals surface area contributed by atoms with E-state index in [0.29, 0.717) is 44.4 Å². The average molecular weight is 480 g/mol. The summed E-state index contributed by atoms with van der Waals surface area (Å²) in [5.74, 6) is 1.56. The van der Waals surface area contributed by atoms with Crippen molar-refractivity contribution < 1.29 is 13.9 Å². The molecular formula is C24H20ClN4O3S+. The van der Waals surface area contributed by atoms with Crippen LogP contribution in [0.1, 0.15) is 30.2 Å². The number of anilines is 1. The predicted molar refractivity (Wildman–Crippen MR) is 126 cm³/mol. The Balaban J connectivity index is 1.67. The van der Waals surface area contributed by atoms with Crippen molar-refractivity contribution in [2.24, 2.45) is 0 Å². The van der Waals surface area contributed by atoms with Crippen molar-refractivity contribution in [3.63, 3.8) is 0 Å². The Bertz CT molecular complexity index is 1430. The van der Waals surface area contributed by atoms with Gasteiger partial charge in [-0.05, 0) is 47.5 Å². The lowest BCUT2D eigenvalue weighted by atomic mass is 10.0. The van der Waals surface area contributed by atoms with E-state index in [9.17, 15) is 9.59 Å². The van der Waals surface area contributed by atoms with Crippen LogP contribution in [0.25, 0.3) is 11.3 Å². The first-order chi connectivity index (χ1) is 15.9. The van der Waals surface area contributed by atoms with Gasteiger partial charge in [0.1, 0.15) is 5.76 Å².